The fraction of sp³-hybridized carbons (Fsp3) is 0.650. The van der Waals surface area contributed by atoms with Gasteiger partial charge in [-0.25, -0.2) is 0 Å². The summed E-state index contributed by atoms with van der Waals surface area (Å²) in [7, 11) is 1.68. The minimum atomic E-state index is -4.37. The van der Waals surface area contributed by atoms with Crippen LogP contribution in [-0.2, 0) is 20.4 Å². The SMILES string of the molecule is CN=C(NCCOCC1CCCO1)N1CCOC(c2cccc(C(F)(F)F)c2)C1.I. The summed E-state index contributed by atoms with van der Waals surface area (Å²) in [6, 6.07) is 5.31. The monoisotopic (exact) mass is 543 g/mol. The van der Waals surface area contributed by atoms with Gasteiger partial charge >= 0.3 is 6.18 Å². The summed E-state index contributed by atoms with van der Waals surface area (Å²) in [5.74, 6) is 0.686. The minimum Gasteiger partial charge on any atom is -0.377 e. The van der Waals surface area contributed by atoms with Gasteiger partial charge in [0.2, 0.25) is 0 Å². The van der Waals surface area contributed by atoms with Gasteiger partial charge in [0.05, 0.1) is 38.0 Å². The van der Waals surface area contributed by atoms with Crippen LogP contribution in [0.2, 0.25) is 0 Å². The van der Waals surface area contributed by atoms with Crippen LogP contribution in [0.25, 0.3) is 0 Å². The molecule has 6 nitrogen and oxygen atoms in total. The van der Waals surface area contributed by atoms with Crippen LogP contribution in [0.15, 0.2) is 29.3 Å². The van der Waals surface area contributed by atoms with Crippen LogP contribution >= 0.6 is 24.0 Å². The zero-order chi connectivity index (χ0) is 20.7. The molecule has 2 unspecified atom stereocenters. The Labute approximate surface area is 192 Å². The average molecular weight is 543 g/mol. The van der Waals surface area contributed by atoms with Gasteiger partial charge in [0, 0.05) is 26.7 Å². The van der Waals surface area contributed by atoms with Gasteiger partial charge in [-0.15, -0.1) is 24.0 Å². The van der Waals surface area contributed by atoms with E-state index in [1.807, 2.05) is 4.90 Å². The largest absolute Gasteiger partial charge is 0.416 e. The fourth-order valence-electron chi connectivity index (χ4n) is 3.52. The maximum absolute atomic E-state index is 13.0. The maximum atomic E-state index is 13.0. The van der Waals surface area contributed by atoms with Gasteiger partial charge in [-0.05, 0) is 30.5 Å². The van der Waals surface area contributed by atoms with Crippen molar-refractivity contribution in [1.82, 2.24) is 10.2 Å². The fourth-order valence-corrected chi connectivity index (χ4v) is 3.52. The van der Waals surface area contributed by atoms with Gasteiger partial charge < -0.3 is 24.4 Å². The Kier molecular flexibility index (Phi) is 10.1. The van der Waals surface area contributed by atoms with Gasteiger partial charge in [0.25, 0.3) is 0 Å². The molecule has 0 bridgehead atoms. The molecule has 0 aromatic heterocycles. The lowest BCUT2D eigenvalue weighted by Gasteiger charge is -2.35. The minimum absolute atomic E-state index is 0. The molecule has 3 rings (SSSR count). The Morgan fingerprint density at radius 2 is 2.13 bits per heavy atom. The van der Waals surface area contributed by atoms with E-state index in [0.29, 0.717) is 51.0 Å². The van der Waals surface area contributed by atoms with E-state index < -0.39 is 17.8 Å². The molecule has 1 aromatic rings. The number of benzene rings is 1. The molecule has 30 heavy (non-hydrogen) atoms. The second kappa shape index (κ2) is 12.1. The van der Waals surface area contributed by atoms with Crippen LogP contribution < -0.4 is 5.32 Å². The number of nitrogens with zero attached hydrogens (tertiary/aromatic N) is 2. The second-order valence-corrected chi connectivity index (χ2v) is 7.11. The Bertz CT molecular complexity index is 685. The molecule has 2 heterocycles. The first-order valence-corrected chi connectivity index (χ1v) is 9.91. The molecule has 1 N–H and O–H groups in total. The van der Waals surface area contributed by atoms with E-state index >= 15 is 0 Å². The summed E-state index contributed by atoms with van der Waals surface area (Å²) < 4.78 is 55.9. The molecule has 0 aliphatic carbocycles. The van der Waals surface area contributed by atoms with Crippen molar-refractivity contribution in [1.29, 1.82) is 0 Å². The quantitative estimate of drug-likeness (QED) is 0.258. The van der Waals surface area contributed by atoms with Crippen LogP contribution in [-0.4, -0.2) is 70.1 Å². The van der Waals surface area contributed by atoms with Crippen LogP contribution in [0, 0.1) is 0 Å². The smallest absolute Gasteiger partial charge is 0.377 e. The number of halogens is 4. The van der Waals surface area contributed by atoms with Crippen molar-refractivity contribution in [3.05, 3.63) is 35.4 Å². The Morgan fingerprint density at radius 1 is 1.30 bits per heavy atom. The molecule has 0 radical (unpaired) electrons. The number of aliphatic imine (C=N–C) groups is 1. The molecule has 2 fully saturated rings. The lowest BCUT2D eigenvalue weighted by molar-refractivity contribution is -0.137. The summed E-state index contributed by atoms with van der Waals surface area (Å²) in [5, 5.41) is 3.25. The van der Waals surface area contributed by atoms with Crippen LogP contribution in [0.1, 0.15) is 30.1 Å². The number of rotatable bonds is 6. The predicted molar refractivity (Wildman–Crippen MR) is 118 cm³/mol. The number of alkyl halides is 3. The molecule has 10 heteroatoms. The molecule has 2 aliphatic rings. The number of morpholine rings is 1. The number of ether oxygens (including phenoxy) is 3. The van der Waals surface area contributed by atoms with Crippen molar-refractivity contribution in [3.63, 3.8) is 0 Å². The third-order valence-corrected chi connectivity index (χ3v) is 5.02. The highest BCUT2D eigenvalue weighted by Gasteiger charge is 2.32. The summed E-state index contributed by atoms with van der Waals surface area (Å²) >= 11 is 0. The lowest BCUT2D eigenvalue weighted by atomic mass is 10.0. The molecule has 1 aromatic carbocycles. The van der Waals surface area contributed by atoms with Crippen molar-refractivity contribution >= 4 is 29.9 Å². The van der Waals surface area contributed by atoms with E-state index in [9.17, 15) is 13.2 Å². The van der Waals surface area contributed by atoms with Crippen molar-refractivity contribution in [2.75, 3.05) is 53.1 Å². The number of nitrogens with one attached hydrogen (secondary N) is 1. The normalized spacial score (nSPS) is 22.7. The van der Waals surface area contributed by atoms with Crippen molar-refractivity contribution < 1.29 is 27.4 Å². The Morgan fingerprint density at radius 3 is 2.83 bits per heavy atom. The molecule has 0 saturated carbocycles. The third-order valence-electron chi connectivity index (χ3n) is 5.02. The average Bonchev–Trinajstić information content (AvgIpc) is 3.24. The van der Waals surface area contributed by atoms with Gasteiger partial charge in [-0.3, -0.25) is 4.99 Å². The molecule has 0 amide bonds. The standard InChI is InChI=1S/C20H28F3N3O3.HI/c1-24-19(25-7-10-27-14-17-6-3-9-28-17)26-8-11-29-18(13-26)15-4-2-5-16(12-15)20(21,22)23;/h2,4-5,12,17-18H,3,6-11,13-14H2,1H3,(H,24,25);1H. The summed E-state index contributed by atoms with van der Waals surface area (Å²) in [6.07, 6.45) is -2.49. The highest BCUT2D eigenvalue weighted by Crippen LogP contribution is 2.32. The summed E-state index contributed by atoms with van der Waals surface area (Å²) in [6.45, 7) is 3.98. The van der Waals surface area contributed by atoms with Crippen LogP contribution in [0.5, 0.6) is 0 Å². The molecule has 2 saturated heterocycles. The first-order valence-electron chi connectivity index (χ1n) is 9.91. The van der Waals surface area contributed by atoms with Crippen LogP contribution in [0.4, 0.5) is 13.2 Å². The zero-order valence-electron chi connectivity index (χ0n) is 17.0. The van der Waals surface area contributed by atoms with Crippen LogP contribution in [0.3, 0.4) is 0 Å². The molecule has 2 atom stereocenters. The number of hydrogen-bond acceptors (Lipinski definition) is 4. The number of guanidine groups is 1. The molecule has 0 spiro atoms. The van der Waals surface area contributed by atoms with E-state index in [2.05, 4.69) is 10.3 Å². The van der Waals surface area contributed by atoms with E-state index in [0.717, 1.165) is 31.6 Å². The van der Waals surface area contributed by atoms with E-state index in [4.69, 9.17) is 14.2 Å². The Balaban J connectivity index is 0.00000320. The highest BCUT2D eigenvalue weighted by atomic mass is 127. The first-order chi connectivity index (χ1) is 14.0. The zero-order valence-corrected chi connectivity index (χ0v) is 19.3. The topological polar surface area (TPSA) is 55.3 Å². The molecular weight excluding hydrogens is 514 g/mol. The van der Waals surface area contributed by atoms with Gasteiger partial charge in [-0.2, -0.15) is 13.2 Å². The molecular formula is C20H29F3IN3O3. The van der Waals surface area contributed by atoms with E-state index in [1.54, 1.807) is 13.1 Å². The van der Waals surface area contributed by atoms with Crippen molar-refractivity contribution in [2.45, 2.75) is 31.2 Å². The lowest BCUT2D eigenvalue weighted by Crippen LogP contribution is -2.48. The van der Waals surface area contributed by atoms with E-state index in [-0.39, 0.29) is 30.1 Å². The van der Waals surface area contributed by atoms with Gasteiger partial charge in [0.1, 0.15) is 6.10 Å². The van der Waals surface area contributed by atoms with Gasteiger partial charge in [0.15, 0.2) is 5.96 Å². The van der Waals surface area contributed by atoms with Crippen molar-refractivity contribution in [2.24, 2.45) is 4.99 Å². The Hall–Kier alpha value is -1.11. The third kappa shape index (κ3) is 7.24. The second-order valence-electron chi connectivity index (χ2n) is 7.11. The molecule has 170 valence electrons. The maximum Gasteiger partial charge on any atom is 0.416 e. The van der Waals surface area contributed by atoms with E-state index in [1.165, 1.54) is 6.07 Å². The van der Waals surface area contributed by atoms with Crippen molar-refractivity contribution in [3.8, 4) is 0 Å². The highest BCUT2D eigenvalue weighted by molar-refractivity contribution is 14.0. The van der Waals surface area contributed by atoms with Gasteiger partial charge in [-0.1, -0.05) is 12.1 Å². The number of hydrogen-bond donors (Lipinski definition) is 1. The molecule has 2 aliphatic heterocycles. The summed E-state index contributed by atoms with van der Waals surface area (Å²) in [5.41, 5.74) is -0.151. The predicted octanol–water partition coefficient (Wildman–Crippen LogP) is 3.47. The summed E-state index contributed by atoms with van der Waals surface area (Å²) in [4.78, 5) is 6.28. The first kappa shape index (κ1) is 25.2.